The van der Waals surface area contributed by atoms with Crippen LogP contribution in [0.1, 0.15) is 64.4 Å². The summed E-state index contributed by atoms with van der Waals surface area (Å²) in [6, 6.07) is 11.3. The lowest BCUT2D eigenvalue weighted by atomic mass is 10.2. The molecule has 1 rings (SSSR count). The monoisotopic (exact) mass is 319 g/mol. The molecule has 0 N–H and O–H groups in total. The molecule has 0 saturated heterocycles. The third kappa shape index (κ3) is 7.59. The highest BCUT2D eigenvalue weighted by atomic mass is 31.2. The summed E-state index contributed by atoms with van der Waals surface area (Å²) < 4.78 is 0. The summed E-state index contributed by atoms with van der Waals surface area (Å²) in [4.78, 5) is 0. The van der Waals surface area contributed by atoms with E-state index in [4.69, 9.17) is 0 Å². The lowest BCUT2D eigenvalue weighted by molar-refractivity contribution is 0.799. The van der Waals surface area contributed by atoms with Crippen molar-refractivity contribution in [1.29, 1.82) is 0 Å². The van der Waals surface area contributed by atoms with Gasteiger partial charge in [0.1, 0.15) is 0 Å². The standard InChI is InChI=1S/C21H36P/c1-4-7-10-14-19-22(17-8-5-2,18-9-6-3)20-21-15-12-11-13-16-21/h4,11-13,15-16H,1,5-10,14,17-20H2,2-3H3/q+1. The van der Waals surface area contributed by atoms with E-state index in [0.717, 1.165) is 0 Å². The van der Waals surface area contributed by atoms with Crippen LogP contribution in [0.4, 0.5) is 0 Å². The maximum atomic E-state index is 3.87. The molecule has 0 atom stereocenters. The first kappa shape index (κ1) is 19.4. The summed E-state index contributed by atoms with van der Waals surface area (Å²) in [5, 5.41) is 0. The maximum Gasteiger partial charge on any atom is 0.0842 e. The number of rotatable bonds is 13. The van der Waals surface area contributed by atoms with Crippen molar-refractivity contribution in [1.82, 2.24) is 0 Å². The second-order valence-electron chi connectivity index (χ2n) is 6.65. The SMILES string of the molecule is C=CCCCC[P+](CCCC)(CCCC)Cc1ccccc1. The minimum Gasteiger partial charge on any atom is -0.103 e. The Kier molecular flexibility index (Phi) is 10.5. The third-order valence-corrected chi connectivity index (χ3v) is 9.45. The second kappa shape index (κ2) is 11.9. The molecule has 0 aliphatic carbocycles. The van der Waals surface area contributed by atoms with Gasteiger partial charge in [-0.25, -0.2) is 0 Å². The first-order valence-corrected chi connectivity index (χ1v) is 11.8. The smallest absolute Gasteiger partial charge is 0.0842 e. The van der Waals surface area contributed by atoms with Crippen LogP contribution in [0.25, 0.3) is 0 Å². The summed E-state index contributed by atoms with van der Waals surface area (Å²) >= 11 is 0. The third-order valence-electron chi connectivity index (χ3n) is 4.62. The molecule has 1 aromatic carbocycles. The zero-order valence-corrected chi connectivity index (χ0v) is 15.8. The number of hydrogen-bond acceptors (Lipinski definition) is 0. The van der Waals surface area contributed by atoms with Gasteiger partial charge in [0.2, 0.25) is 0 Å². The van der Waals surface area contributed by atoms with E-state index in [1.165, 1.54) is 69.6 Å². The highest BCUT2D eigenvalue weighted by Crippen LogP contribution is 2.63. The van der Waals surface area contributed by atoms with Crippen LogP contribution >= 0.6 is 7.26 Å². The van der Waals surface area contributed by atoms with Gasteiger partial charge in [-0.3, -0.25) is 0 Å². The van der Waals surface area contributed by atoms with Gasteiger partial charge in [-0.2, -0.15) is 0 Å². The fourth-order valence-electron chi connectivity index (χ4n) is 3.27. The quantitative estimate of drug-likeness (QED) is 0.205. The largest absolute Gasteiger partial charge is 0.103 e. The van der Waals surface area contributed by atoms with Crippen LogP contribution in [0, 0.1) is 0 Å². The Balaban J connectivity index is 2.78. The summed E-state index contributed by atoms with van der Waals surface area (Å²) in [5.74, 6) is 0. The van der Waals surface area contributed by atoms with Crippen molar-refractivity contribution in [2.75, 3.05) is 18.5 Å². The van der Waals surface area contributed by atoms with Crippen LogP contribution in [0.15, 0.2) is 43.0 Å². The first-order chi connectivity index (χ1) is 10.8. The molecule has 0 bridgehead atoms. The van der Waals surface area contributed by atoms with E-state index >= 15 is 0 Å². The Morgan fingerprint density at radius 2 is 1.45 bits per heavy atom. The van der Waals surface area contributed by atoms with Crippen LogP contribution < -0.4 is 0 Å². The molecule has 0 aliphatic rings. The number of hydrogen-bond donors (Lipinski definition) is 0. The number of allylic oxidation sites excluding steroid dienone is 1. The van der Waals surface area contributed by atoms with Crippen LogP contribution in [0.3, 0.4) is 0 Å². The number of benzene rings is 1. The van der Waals surface area contributed by atoms with Gasteiger partial charge < -0.3 is 0 Å². The van der Waals surface area contributed by atoms with Crippen molar-refractivity contribution in [3.63, 3.8) is 0 Å². The summed E-state index contributed by atoms with van der Waals surface area (Å²) in [5.41, 5.74) is 1.58. The van der Waals surface area contributed by atoms with Crippen molar-refractivity contribution in [2.24, 2.45) is 0 Å². The van der Waals surface area contributed by atoms with Crippen molar-refractivity contribution < 1.29 is 0 Å². The molecule has 0 aromatic heterocycles. The van der Waals surface area contributed by atoms with Gasteiger partial charge in [-0.15, -0.1) is 6.58 Å². The van der Waals surface area contributed by atoms with E-state index in [9.17, 15) is 0 Å². The lowest BCUT2D eigenvalue weighted by Crippen LogP contribution is -2.11. The molecule has 0 radical (unpaired) electrons. The van der Waals surface area contributed by atoms with Gasteiger partial charge in [0.15, 0.2) is 0 Å². The average molecular weight is 319 g/mol. The maximum absolute atomic E-state index is 3.87. The zero-order chi connectivity index (χ0) is 16.1. The molecule has 0 spiro atoms. The molecule has 0 aliphatic heterocycles. The van der Waals surface area contributed by atoms with Gasteiger partial charge in [-0.1, -0.05) is 63.1 Å². The Labute approximate surface area is 139 Å². The van der Waals surface area contributed by atoms with E-state index in [1.54, 1.807) is 5.56 Å². The lowest BCUT2D eigenvalue weighted by Gasteiger charge is -2.28. The Morgan fingerprint density at radius 3 is 2.00 bits per heavy atom. The van der Waals surface area contributed by atoms with Crippen LogP contribution in [-0.2, 0) is 6.16 Å². The van der Waals surface area contributed by atoms with E-state index in [1.807, 2.05) is 0 Å². The fourth-order valence-corrected chi connectivity index (χ4v) is 8.27. The molecule has 124 valence electrons. The van der Waals surface area contributed by atoms with Gasteiger partial charge in [0.25, 0.3) is 0 Å². The minimum absolute atomic E-state index is 0.826. The van der Waals surface area contributed by atoms with Gasteiger partial charge >= 0.3 is 0 Å². The molecule has 0 unspecified atom stereocenters. The van der Waals surface area contributed by atoms with Crippen molar-refractivity contribution in [3.05, 3.63) is 48.6 Å². The molecule has 0 saturated carbocycles. The number of unbranched alkanes of at least 4 members (excludes halogenated alkanes) is 4. The van der Waals surface area contributed by atoms with Crippen LogP contribution in [0.5, 0.6) is 0 Å². The molecular weight excluding hydrogens is 283 g/mol. The van der Waals surface area contributed by atoms with Gasteiger partial charge in [0, 0.05) is 7.26 Å². The predicted molar refractivity (Wildman–Crippen MR) is 106 cm³/mol. The topological polar surface area (TPSA) is 0 Å². The highest BCUT2D eigenvalue weighted by Gasteiger charge is 2.35. The molecule has 0 nitrogen and oxygen atoms in total. The summed E-state index contributed by atoms with van der Waals surface area (Å²) in [6.07, 6.45) is 17.4. The van der Waals surface area contributed by atoms with Crippen molar-refractivity contribution in [2.45, 2.75) is 65.0 Å². The van der Waals surface area contributed by atoms with Gasteiger partial charge in [0.05, 0.1) is 24.6 Å². The Morgan fingerprint density at radius 1 is 0.864 bits per heavy atom. The Bertz CT molecular complexity index is 374. The van der Waals surface area contributed by atoms with Gasteiger partial charge in [-0.05, 0) is 37.7 Å². The molecule has 1 heteroatoms. The first-order valence-electron chi connectivity index (χ1n) is 9.26. The molecule has 22 heavy (non-hydrogen) atoms. The second-order valence-corrected chi connectivity index (χ2v) is 11.0. The van der Waals surface area contributed by atoms with Crippen molar-refractivity contribution in [3.8, 4) is 0 Å². The summed E-state index contributed by atoms with van der Waals surface area (Å²) in [7, 11) is -0.826. The zero-order valence-electron chi connectivity index (χ0n) is 14.9. The Hall–Kier alpha value is -0.610. The predicted octanol–water partition coefficient (Wildman–Crippen LogP) is 7.16. The van der Waals surface area contributed by atoms with E-state index in [2.05, 4.69) is 56.8 Å². The molecule has 0 heterocycles. The van der Waals surface area contributed by atoms with E-state index < -0.39 is 7.26 Å². The van der Waals surface area contributed by atoms with Crippen molar-refractivity contribution >= 4 is 7.26 Å². The average Bonchev–Trinajstić information content (AvgIpc) is 2.56. The molecule has 0 fully saturated rings. The van der Waals surface area contributed by atoms with E-state index in [0.29, 0.717) is 0 Å². The molecular formula is C21H36P+. The van der Waals surface area contributed by atoms with Crippen LogP contribution in [0.2, 0.25) is 0 Å². The van der Waals surface area contributed by atoms with Crippen LogP contribution in [-0.4, -0.2) is 18.5 Å². The van der Waals surface area contributed by atoms with E-state index in [-0.39, 0.29) is 0 Å². The summed E-state index contributed by atoms with van der Waals surface area (Å²) in [6.45, 7) is 8.55. The fraction of sp³-hybridized carbons (Fsp3) is 0.619. The molecule has 0 amide bonds. The normalized spacial score (nSPS) is 11.5. The molecule has 1 aromatic rings. The minimum atomic E-state index is -0.826. The highest BCUT2D eigenvalue weighted by molar-refractivity contribution is 7.75.